The molecule has 4 aromatic rings. The van der Waals surface area contributed by atoms with Crippen molar-refractivity contribution in [2.75, 3.05) is 6.54 Å². The SMILES string of the molecule is Cn1c(CCNC(=O)C(c2ccccc2)n2cnnn2)nc2ccccc21. The first-order chi connectivity index (χ1) is 13.2. The van der Waals surface area contributed by atoms with Crippen molar-refractivity contribution >= 4 is 16.9 Å². The number of rotatable bonds is 6. The lowest BCUT2D eigenvalue weighted by Gasteiger charge is -2.16. The average Bonchev–Trinajstić information content (AvgIpc) is 3.32. The van der Waals surface area contributed by atoms with Crippen LogP contribution in [-0.4, -0.2) is 42.2 Å². The number of aromatic nitrogens is 6. The van der Waals surface area contributed by atoms with Crippen LogP contribution in [0.3, 0.4) is 0 Å². The summed E-state index contributed by atoms with van der Waals surface area (Å²) < 4.78 is 3.51. The lowest BCUT2D eigenvalue weighted by molar-refractivity contribution is -0.123. The van der Waals surface area contributed by atoms with Crippen LogP contribution in [0.4, 0.5) is 0 Å². The quantitative estimate of drug-likeness (QED) is 0.562. The van der Waals surface area contributed by atoms with E-state index < -0.39 is 6.04 Å². The van der Waals surface area contributed by atoms with E-state index in [0.717, 1.165) is 22.4 Å². The van der Waals surface area contributed by atoms with Crippen molar-refractivity contribution in [1.82, 2.24) is 35.1 Å². The van der Waals surface area contributed by atoms with Gasteiger partial charge in [-0.2, -0.15) is 0 Å². The van der Waals surface area contributed by atoms with E-state index in [-0.39, 0.29) is 5.91 Å². The molecule has 27 heavy (non-hydrogen) atoms. The maximum absolute atomic E-state index is 12.8. The van der Waals surface area contributed by atoms with Crippen LogP contribution in [0.5, 0.6) is 0 Å². The van der Waals surface area contributed by atoms with Gasteiger partial charge in [0.25, 0.3) is 0 Å². The molecule has 0 aliphatic carbocycles. The monoisotopic (exact) mass is 361 g/mol. The Morgan fingerprint density at radius 1 is 1.11 bits per heavy atom. The van der Waals surface area contributed by atoms with Gasteiger partial charge in [0, 0.05) is 20.0 Å². The molecule has 0 radical (unpaired) electrons. The standard InChI is InChI=1S/C19H19N7O/c1-25-16-10-6-5-9-15(16)22-17(25)11-12-20-19(27)18(26-13-21-23-24-26)14-7-3-2-4-8-14/h2-10,13,18H,11-12H2,1H3,(H,20,27). The summed E-state index contributed by atoms with van der Waals surface area (Å²) in [4.78, 5) is 17.5. The minimum absolute atomic E-state index is 0.160. The molecule has 8 heteroatoms. The molecule has 136 valence electrons. The molecule has 0 fully saturated rings. The molecule has 0 saturated carbocycles. The van der Waals surface area contributed by atoms with Crippen LogP contribution in [0.1, 0.15) is 17.4 Å². The van der Waals surface area contributed by atoms with Gasteiger partial charge in [0.05, 0.1) is 11.0 Å². The summed E-state index contributed by atoms with van der Waals surface area (Å²) >= 11 is 0. The van der Waals surface area contributed by atoms with E-state index in [0.29, 0.717) is 13.0 Å². The molecule has 0 spiro atoms. The summed E-state index contributed by atoms with van der Waals surface area (Å²) in [5.74, 6) is 0.766. The highest BCUT2D eigenvalue weighted by molar-refractivity contribution is 5.83. The number of fused-ring (bicyclic) bond motifs is 1. The number of hydrogen-bond acceptors (Lipinski definition) is 5. The molecule has 1 atom stereocenters. The lowest BCUT2D eigenvalue weighted by Crippen LogP contribution is -2.35. The summed E-state index contributed by atoms with van der Waals surface area (Å²) in [5, 5.41) is 14.2. The number of imidazole rings is 1. The van der Waals surface area contributed by atoms with Gasteiger partial charge in [0.1, 0.15) is 12.2 Å². The van der Waals surface area contributed by atoms with Crippen molar-refractivity contribution in [3.63, 3.8) is 0 Å². The Morgan fingerprint density at radius 3 is 2.63 bits per heavy atom. The number of aryl methyl sites for hydroxylation is 1. The lowest BCUT2D eigenvalue weighted by atomic mass is 10.1. The fraction of sp³-hybridized carbons (Fsp3) is 0.211. The molecule has 0 bridgehead atoms. The first-order valence-corrected chi connectivity index (χ1v) is 8.69. The molecule has 2 aromatic carbocycles. The molecule has 1 N–H and O–H groups in total. The van der Waals surface area contributed by atoms with Crippen LogP contribution in [0, 0.1) is 0 Å². The van der Waals surface area contributed by atoms with Crippen LogP contribution >= 0.6 is 0 Å². The van der Waals surface area contributed by atoms with Crippen LogP contribution in [0.2, 0.25) is 0 Å². The Morgan fingerprint density at radius 2 is 1.89 bits per heavy atom. The van der Waals surface area contributed by atoms with Crippen molar-refractivity contribution in [3.05, 3.63) is 72.3 Å². The number of nitrogens with one attached hydrogen (secondary N) is 1. The highest BCUT2D eigenvalue weighted by Crippen LogP contribution is 2.17. The van der Waals surface area contributed by atoms with E-state index in [1.807, 2.05) is 61.6 Å². The van der Waals surface area contributed by atoms with Gasteiger partial charge < -0.3 is 9.88 Å². The number of benzene rings is 2. The van der Waals surface area contributed by atoms with Gasteiger partial charge >= 0.3 is 0 Å². The second-order valence-electron chi connectivity index (χ2n) is 6.22. The van der Waals surface area contributed by atoms with Crippen LogP contribution < -0.4 is 5.32 Å². The Balaban J connectivity index is 1.48. The highest BCUT2D eigenvalue weighted by atomic mass is 16.2. The molecule has 0 saturated heterocycles. The number of amides is 1. The van der Waals surface area contributed by atoms with Crippen molar-refractivity contribution < 1.29 is 4.79 Å². The molecule has 4 rings (SSSR count). The highest BCUT2D eigenvalue weighted by Gasteiger charge is 2.23. The van der Waals surface area contributed by atoms with Crippen LogP contribution in [-0.2, 0) is 18.3 Å². The maximum atomic E-state index is 12.8. The van der Waals surface area contributed by atoms with Crippen molar-refractivity contribution in [3.8, 4) is 0 Å². The van der Waals surface area contributed by atoms with Crippen LogP contribution in [0.15, 0.2) is 60.9 Å². The predicted molar refractivity (Wildman–Crippen MR) is 99.8 cm³/mol. The zero-order chi connectivity index (χ0) is 18.6. The van der Waals surface area contributed by atoms with Gasteiger partial charge in [-0.25, -0.2) is 9.67 Å². The number of carbonyl (C=O) groups excluding carboxylic acids is 1. The Bertz CT molecular complexity index is 1040. The van der Waals surface area contributed by atoms with Crippen LogP contribution in [0.25, 0.3) is 11.0 Å². The predicted octanol–water partition coefficient (Wildman–Crippen LogP) is 1.51. The van der Waals surface area contributed by atoms with Gasteiger partial charge in [0.15, 0.2) is 6.04 Å². The van der Waals surface area contributed by atoms with Crippen molar-refractivity contribution in [1.29, 1.82) is 0 Å². The molecule has 0 aliphatic heterocycles. The topological polar surface area (TPSA) is 90.5 Å². The number of hydrogen-bond donors (Lipinski definition) is 1. The minimum atomic E-state index is -0.610. The molecule has 8 nitrogen and oxygen atoms in total. The number of tetrazole rings is 1. The minimum Gasteiger partial charge on any atom is -0.353 e. The third kappa shape index (κ3) is 3.41. The smallest absolute Gasteiger partial charge is 0.249 e. The first-order valence-electron chi connectivity index (χ1n) is 8.69. The van der Waals surface area contributed by atoms with E-state index in [2.05, 4.69) is 30.4 Å². The summed E-state index contributed by atoms with van der Waals surface area (Å²) in [5.41, 5.74) is 2.86. The van der Waals surface area contributed by atoms with Gasteiger partial charge in [-0.1, -0.05) is 42.5 Å². The molecule has 1 unspecified atom stereocenters. The average molecular weight is 361 g/mol. The molecule has 2 aromatic heterocycles. The third-order valence-corrected chi connectivity index (χ3v) is 4.52. The summed E-state index contributed by atoms with van der Waals surface area (Å²) in [6, 6.07) is 16.8. The van der Waals surface area contributed by atoms with Gasteiger partial charge in [-0.15, -0.1) is 5.10 Å². The Labute approximate surface area is 155 Å². The van der Waals surface area contributed by atoms with Gasteiger partial charge in [0.2, 0.25) is 5.91 Å². The maximum Gasteiger partial charge on any atom is 0.249 e. The van der Waals surface area contributed by atoms with E-state index in [4.69, 9.17) is 0 Å². The number of carbonyl (C=O) groups is 1. The Hall–Kier alpha value is -3.55. The summed E-state index contributed by atoms with van der Waals surface area (Å²) in [6.45, 7) is 0.474. The van der Waals surface area contributed by atoms with Gasteiger partial charge in [-0.05, 0) is 28.1 Å². The van der Waals surface area contributed by atoms with E-state index >= 15 is 0 Å². The molecule has 0 aliphatic rings. The van der Waals surface area contributed by atoms with E-state index in [9.17, 15) is 4.79 Å². The summed E-state index contributed by atoms with van der Waals surface area (Å²) in [7, 11) is 1.99. The second-order valence-corrected chi connectivity index (χ2v) is 6.22. The number of nitrogens with zero attached hydrogens (tertiary/aromatic N) is 6. The third-order valence-electron chi connectivity index (χ3n) is 4.52. The number of para-hydroxylation sites is 2. The molecular formula is C19H19N7O. The molecule has 1 amide bonds. The van der Waals surface area contributed by atoms with Crippen molar-refractivity contribution in [2.24, 2.45) is 7.05 Å². The fourth-order valence-corrected chi connectivity index (χ4v) is 3.16. The molecule has 2 heterocycles. The van der Waals surface area contributed by atoms with Gasteiger partial charge in [-0.3, -0.25) is 4.79 Å². The molecular weight excluding hydrogens is 342 g/mol. The fourth-order valence-electron chi connectivity index (χ4n) is 3.16. The first kappa shape index (κ1) is 16.9. The van der Waals surface area contributed by atoms with E-state index in [1.54, 1.807) is 0 Å². The zero-order valence-electron chi connectivity index (χ0n) is 14.9. The largest absolute Gasteiger partial charge is 0.353 e. The zero-order valence-corrected chi connectivity index (χ0v) is 14.9. The summed E-state index contributed by atoms with van der Waals surface area (Å²) in [6.07, 6.45) is 2.08. The van der Waals surface area contributed by atoms with E-state index in [1.165, 1.54) is 11.0 Å². The Kier molecular flexibility index (Phi) is 4.61. The normalized spacial score (nSPS) is 12.2. The van der Waals surface area contributed by atoms with Crippen molar-refractivity contribution in [2.45, 2.75) is 12.5 Å². The second kappa shape index (κ2) is 7.36.